The molecule has 7 aromatic rings. The number of hydrogen-bond donors (Lipinski definition) is 7. The molecule has 40 heteroatoms. The molecule has 5 heterocycles. The van der Waals surface area contributed by atoms with Crippen molar-refractivity contribution < 1.29 is 200 Å². The Labute approximate surface area is 809 Å². The maximum absolute atomic E-state index is 14.3. The zero-order valence-corrected chi connectivity index (χ0v) is 77.7. The van der Waals surface area contributed by atoms with Gasteiger partial charge < -0.3 is 83.6 Å². The summed E-state index contributed by atoms with van der Waals surface area (Å²) in [5, 5.41) is 34.9. The quantitative estimate of drug-likeness (QED) is 0.0122. The zero-order chi connectivity index (χ0) is 87.1. The molecule has 656 valence electrons. The van der Waals surface area contributed by atoms with Crippen molar-refractivity contribution in [3.8, 4) is 0 Å². The van der Waals surface area contributed by atoms with Crippen molar-refractivity contribution in [3.63, 3.8) is 0 Å². The molecular formula is C81H109Cl4F3K2N14O17. The van der Waals surface area contributed by atoms with Gasteiger partial charge in [0.05, 0.1) is 45.1 Å². The predicted molar refractivity (Wildman–Crippen MR) is 444 cm³/mol. The number of hydrogen-bond acceptors (Lipinski definition) is 20. The summed E-state index contributed by atoms with van der Waals surface area (Å²) in [5.41, 5.74) is 17.1. The van der Waals surface area contributed by atoms with Crippen LogP contribution in [0.4, 0.5) is 27.6 Å². The van der Waals surface area contributed by atoms with Crippen LogP contribution in [0.25, 0.3) is 21.8 Å². The molecule has 0 bridgehead atoms. The van der Waals surface area contributed by atoms with Gasteiger partial charge in [-0.05, 0) is 143 Å². The van der Waals surface area contributed by atoms with Crippen LogP contribution in [-0.2, 0) is 80.5 Å². The van der Waals surface area contributed by atoms with E-state index < -0.39 is 69.9 Å². The molecule has 8 amide bonds. The number of likely N-dealkylation sites (tertiary alicyclic amines) is 3. The van der Waals surface area contributed by atoms with Crippen LogP contribution >= 0.6 is 46.4 Å². The Morgan fingerprint density at radius 3 is 1.31 bits per heavy atom. The number of nitrogens with two attached hydrogens (primary N) is 3. The minimum Gasteiger partial charge on any atom is -1.00 e. The molecule has 0 atom stereocenters. The standard InChI is InChI=1S/C29H34ClFN6O5.C19H27ClFN3O3.C10H9Cl2FO.C10H9N3O3.C10H20N2O2.CH2O3.2CH4.2K.H/c1-29(2,3)42-28(41)35-13-11-19(12-14-35)36(16-23(38)33-15-18-7-6-9-21(30)25(18)31)24(39)17-37-22-10-5-4-8-20(22)26(34-37)27(32)40;1-19(2,3)27-18(26)24-9-7-14(8-10-24)22-12-16(25)23-11-13-5-4-6-15(20)17(13)21;11-6-8(14)5-4-7-2-1-3-9(12)10(7)13;11-10(16)9-6-3-1-2-4-7(6)13(12-9)5-8(14)15;1-10(2,3)14-9(13)12-6-4-8(11)5-7-12;2-1-4-3;;;;;/h4-10,19H,11-17H2,1-3H3,(H2,32,40)(H,33,38);4-6,14,22H,7-12H2,1-3H3,(H,23,25);1-3H,4-6H2;1-4H,5H2,(H2,11,16)(H,14,15);8H,4-7,11H2,1-3H3;1,3H;2*1H4;;;/q;;;;;;;;2*+1;-1/p-1. The number of halogens is 7. The van der Waals surface area contributed by atoms with Crippen LogP contribution in [0.5, 0.6) is 0 Å². The van der Waals surface area contributed by atoms with E-state index in [1.807, 2.05) is 41.5 Å². The van der Waals surface area contributed by atoms with Crippen molar-refractivity contribution in [3.05, 3.63) is 164 Å². The minimum atomic E-state index is -1.02. The molecule has 0 saturated carbocycles. The molecule has 31 nitrogen and oxygen atoms in total. The van der Waals surface area contributed by atoms with Gasteiger partial charge in [0.1, 0.15) is 53.1 Å². The van der Waals surface area contributed by atoms with Gasteiger partial charge in [-0.2, -0.15) is 10.2 Å². The third-order valence-electron chi connectivity index (χ3n) is 17.3. The molecule has 3 saturated heterocycles. The number of fused-ring (bicyclic) bond motifs is 2. The van der Waals surface area contributed by atoms with Gasteiger partial charge in [-0.25, -0.2) is 27.6 Å². The second kappa shape index (κ2) is 54.6. The molecule has 0 unspecified atom stereocenters. The van der Waals surface area contributed by atoms with Gasteiger partial charge in [-0.1, -0.05) is 122 Å². The number of piperidine rings is 3. The number of Topliss-reactive ketones (excluding diaryl/α,β-unsaturated/α-hetero) is 1. The molecule has 3 aliphatic heterocycles. The molecule has 2 aromatic heterocycles. The molecule has 5 aromatic carbocycles. The van der Waals surface area contributed by atoms with E-state index in [4.69, 9.17) is 93.0 Å². The van der Waals surface area contributed by atoms with Gasteiger partial charge in [-0.15, -0.1) is 11.6 Å². The number of carbonyl (C=O) groups excluding carboxylic acids is 10. The van der Waals surface area contributed by atoms with Gasteiger partial charge in [0.25, 0.3) is 18.3 Å². The molecule has 3 fully saturated rings. The number of nitrogens with one attached hydrogen (secondary N) is 3. The van der Waals surface area contributed by atoms with E-state index in [1.54, 1.807) is 114 Å². The van der Waals surface area contributed by atoms with Crippen LogP contribution < -0.4 is 141 Å². The third-order valence-corrected chi connectivity index (χ3v) is 18.5. The molecular weight excluding hydrogens is 1720 g/mol. The number of alkyl halides is 1. The SMILES string of the molecule is C.C.CC(C)(C)OC(=O)N1CCC(N(CC(=O)NCc2cccc(Cl)c2F)C(=O)Cn2nc(C(N)=O)c3ccccc32)CC1.CC(C)(C)OC(=O)N1CCC(N)CC1.CC(C)(C)OC(=O)N1CCC(NCC(=O)NCc2cccc(Cl)c2F)CC1.NC(=O)c1nn(CC(=O)O)c2ccccc12.O=C(CCl)CCc1cccc(Cl)c1F.O=CO[O-].[H-].[K+].[K+]. The number of aromatic nitrogens is 4. The summed E-state index contributed by atoms with van der Waals surface area (Å²) in [6.45, 7) is 18.8. The first kappa shape index (κ1) is 112. The van der Waals surface area contributed by atoms with Crippen molar-refractivity contribution in [2.24, 2.45) is 17.2 Å². The Morgan fingerprint density at radius 1 is 0.570 bits per heavy atom. The fraction of sp³-hybridized carbons (Fsp3) is 0.469. The Kier molecular flexibility index (Phi) is 50.5. The number of aliphatic carboxylic acids is 1. The summed E-state index contributed by atoms with van der Waals surface area (Å²) in [6, 6.07) is 27.7. The van der Waals surface area contributed by atoms with Crippen molar-refractivity contribution in [1.29, 1.82) is 0 Å². The number of carboxylic acid groups (broad SMARTS) is 1. The molecule has 10 rings (SSSR count). The van der Waals surface area contributed by atoms with E-state index in [0.717, 1.165) is 38.8 Å². The van der Waals surface area contributed by atoms with Crippen LogP contribution in [0.15, 0.2) is 103 Å². The van der Waals surface area contributed by atoms with Gasteiger partial charge in [0.15, 0.2) is 11.4 Å². The predicted octanol–water partition coefficient (Wildman–Crippen LogP) is 5.17. The number of amides is 8. The summed E-state index contributed by atoms with van der Waals surface area (Å²) < 4.78 is 60.1. The van der Waals surface area contributed by atoms with Crippen molar-refractivity contribution in [2.75, 3.05) is 58.2 Å². The number of para-hydroxylation sites is 2. The maximum atomic E-state index is 14.3. The van der Waals surface area contributed by atoms with Crippen molar-refractivity contribution >= 4 is 134 Å². The van der Waals surface area contributed by atoms with E-state index >= 15 is 0 Å². The number of carbonyl (C=O) groups is 11. The number of aryl methyl sites for hydroxylation is 1. The van der Waals surface area contributed by atoms with E-state index in [2.05, 4.69) is 31.0 Å². The van der Waals surface area contributed by atoms with Gasteiger partial charge in [0.2, 0.25) is 17.7 Å². The third kappa shape index (κ3) is 38.9. The second-order valence-corrected chi connectivity index (χ2v) is 31.4. The Morgan fingerprint density at radius 2 is 0.934 bits per heavy atom. The molecule has 121 heavy (non-hydrogen) atoms. The molecule has 3 aliphatic rings. The van der Waals surface area contributed by atoms with E-state index in [-0.39, 0.29) is 251 Å². The van der Waals surface area contributed by atoms with E-state index in [0.29, 0.717) is 78.4 Å². The Balaban J connectivity index is 0.00000158. The normalized spacial score (nSPS) is 13.4. The number of rotatable bonds is 21. The summed E-state index contributed by atoms with van der Waals surface area (Å²) >= 11 is 22.5. The Bertz CT molecular complexity index is 4580. The van der Waals surface area contributed by atoms with Gasteiger partial charge in [0, 0.05) is 98.8 Å². The maximum Gasteiger partial charge on any atom is 1.00 e. The van der Waals surface area contributed by atoms with Crippen LogP contribution in [0.1, 0.15) is 161 Å². The molecule has 0 aliphatic carbocycles. The van der Waals surface area contributed by atoms with Crippen molar-refractivity contribution in [1.82, 2.24) is 55.1 Å². The first-order valence-electron chi connectivity index (χ1n) is 37.1. The first-order valence-corrected chi connectivity index (χ1v) is 38.8. The number of nitrogens with zero attached hydrogens (tertiary/aromatic N) is 8. The number of ketones is 1. The van der Waals surface area contributed by atoms with E-state index in [1.165, 1.54) is 38.5 Å². The Hall–Kier alpha value is -7.09. The second-order valence-electron chi connectivity index (χ2n) is 29.9. The monoisotopic (exact) mass is 1820 g/mol. The smallest absolute Gasteiger partial charge is 1.00 e. The largest absolute Gasteiger partial charge is 1.00 e. The average molecular weight is 1830 g/mol. The van der Waals surface area contributed by atoms with E-state index in [9.17, 15) is 61.1 Å². The molecule has 0 spiro atoms. The first-order chi connectivity index (χ1) is 55.0. The van der Waals surface area contributed by atoms with Crippen LogP contribution in [-0.4, -0.2) is 203 Å². The summed E-state index contributed by atoms with van der Waals surface area (Å²) in [6.07, 6.45) is 3.69. The molecule has 10 N–H and O–H groups in total. The summed E-state index contributed by atoms with van der Waals surface area (Å²) in [7, 11) is 0. The number of benzene rings is 5. The number of primary amides is 2. The van der Waals surface area contributed by atoms with Crippen molar-refractivity contribution in [2.45, 2.75) is 190 Å². The van der Waals surface area contributed by atoms with Crippen LogP contribution in [0.3, 0.4) is 0 Å². The topological polar surface area (TPSA) is 431 Å². The summed E-state index contributed by atoms with van der Waals surface area (Å²) in [4.78, 5) is 137. The molecule has 0 radical (unpaired) electrons. The van der Waals surface area contributed by atoms with Gasteiger partial charge in [-0.3, -0.25) is 47.7 Å². The van der Waals surface area contributed by atoms with Gasteiger partial charge >= 0.3 is 127 Å². The fourth-order valence-electron chi connectivity index (χ4n) is 11.7. The van der Waals surface area contributed by atoms with Crippen LogP contribution in [0, 0.1) is 17.5 Å². The minimum absolute atomic E-state index is 0. The average Bonchev–Trinajstić information content (AvgIpc) is 1.65. The number of carboxylic acids is 1. The van der Waals surface area contributed by atoms with Crippen LogP contribution in [0.2, 0.25) is 15.1 Å². The zero-order valence-electron chi connectivity index (χ0n) is 69.4. The summed E-state index contributed by atoms with van der Waals surface area (Å²) in [5.74, 6) is -5.26. The number of ether oxygens (including phenoxy) is 3. The fourth-order valence-corrected chi connectivity index (χ4v) is 12.4.